The van der Waals surface area contributed by atoms with Crippen LogP contribution >= 0.6 is 11.8 Å². The van der Waals surface area contributed by atoms with Gasteiger partial charge in [-0.3, -0.25) is 9.59 Å². The van der Waals surface area contributed by atoms with Crippen LogP contribution in [0.1, 0.15) is 12.0 Å². The van der Waals surface area contributed by atoms with Gasteiger partial charge in [0.25, 0.3) is 0 Å². The molecule has 0 bridgehead atoms. The molecule has 0 radical (unpaired) electrons. The average molecular weight is 389 g/mol. The maximum Gasteiger partial charge on any atom is 0.316 e. The fourth-order valence-corrected chi connectivity index (χ4v) is 3.54. The van der Waals surface area contributed by atoms with E-state index < -0.39 is 17.8 Å². The molecular weight excluding hydrogens is 366 g/mol. The van der Waals surface area contributed by atoms with Gasteiger partial charge in [-0.1, -0.05) is 18.2 Å². The highest BCUT2D eigenvalue weighted by molar-refractivity contribution is 7.99. The van der Waals surface area contributed by atoms with Crippen molar-refractivity contribution in [2.75, 3.05) is 19.9 Å². The zero-order valence-electron chi connectivity index (χ0n) is 15.3. The molecule has 144 valence electrons. The number of hydrogen-bond donors (Lipinski definition) is 2. The summed E-state index contributed by atoms with van der Waals surface area (Å²) >= 11 is 1.45. The average Bonchev–Trinajstić information content (AvgIpc) is 2.66. The van der Waals surface area contributed by atoms with Crippen molar-refractivity contribution >= 4 is 23.6 Å². The highest BCUT2D eigenvalue weighted by atomic mass is 32.2. The lowest BCUT2D eigenvalue weighted by Crippen LogP contribution is -2.37. The minimum Gasteiger partial charge on any atom is -0.508 e. The number of rotatable bonds is 9. The number of methoxy groups -OCH3 is 1. The second-order valence-corrected chi connectivity index (χ2v) is 7.20. The molecule has 1 unspecified atom stereocenters. The zero-order valence-corrected chi connectivity index (χ0v) is 16.1. The van der Waals surface area contributed by atoms with E-state index in [1.54, 1.807) is 44.5 Å². The number of nitrogens with zero attached hydrogens (tertiary/aromatic N) is 1. The summed E-state index contributed by atoms with van der Waals surface area (Å²) in [6.07, 6.45) is 0.218. The van der Waals surface area contributed by atoms with Gasteiger partial charge in [0.05, 0.1) is 7.11 Å². The van der Waals surface area contributed by atoms with Gasteiger partial charge in [0.1, 0.15) is 17.4 Å². The Hall–Kier alpha value is -2.67. The predicted octanol–water partition coefficient (Wildman–Crippen LogP) is 3.24. The number of aromatic hydroxyl groups is 1. The van der Waals surface area contributed by atoms with Crippen molar-refractivity contribution < 1.29 is 24.5 Å². The van der Waals surface area contributed by atoms with Gasteiger partial charge in [-0.15, -0.1) is 11.8 Å². The van der Waals surface area contributed by atoms with Crippen LogP contribution in [0.5, 0.6) is 11.5 Å². The van der Waals surface area contributed by atoms with Crippen LogP contribution in [-0.4, -0.2) is 46.9 Å². The highest BCUT2D eigenvalue weighted by Gasteiger charge is 2.29. The summed E-state index contributed by atoms with van der Waals surface area (Å²) in [5.41, 5.74) is 0.818. The summed E-state index contributed by atoms with van der Waals surface area (Å²) in [4.78, 5) is 26.6. The lowest BCUT2D eigenvalue weighted by molar-refractivity contribution is -0.150. The molecule has 0 heterocycles. The molecule has 7 heteroatoms. The number of thioether (sulfide) groups is 1. The SMILES string of the molecule is COc1ccccc1CN(C)C(=O)C(CCSc1ccc(O)cc1)C(=O)O. The van der Waals surface area contributed by atoms with Crippen LogP contribution in [-0.2, 0) is 16.1 Å². The maximum atomic E-state index is 12.6. The Balaban J connectivity index is 1.96. The Morgan fingerprint density at radius 1 is 1.15 bits per heavy atom. The molecule has 1 amide bonds. The number of carbonyl (C=O) groups excluding carboxylic acids is 1. The molecule has 0 aliphatic rings. The molecule has 27 heavy (non-hydrogen) atoms. The van der Waals surface area contributed by atoms with E-state index in [4.69, 9.17) is 4.74 Å². The molecule has 0 saturated heterocycles. The van der Waals surface area contributed by atoms with Crippen molar-refractivity contribution in [1.82, 2.24) is 4.90 Å². The number of amides is 1. The van der Waals surface area contributed by atoms with E-state index in [2.05, 4.69) is 0 Å². The second-order valence-electron chi connectivity index (χ2n) is 6.03. The third kappa shape index (κ3) is 5.92. The zero-order chi connectivity index (χ0) is 19.8. The van der Waals surface area contributed by atoms with Crippen LogP contribution in [0.15, 0.2) is 53.4 Å². The van der Waals surface area contributed by atoms with E-state index in [0.29, 0.717) is 11.5 Å². The van der Waals surface area contributed by atoms with Crippen LogP contribution in [0.4, 0.5) is 0 Å². The highest BCUT2D eigenvalue weighted by Crippen LogP contribution is 2.24. The standard InChI is InChI=1S/C20H23NO5S/c1-21(13-14-5-3-4-6-18(14)26-2)19(23)17(20(24)25)11-12-27-16-9-7-15(22)8-10-16/h3-10,17,22H,11-13H2,1-2H3,(H,24,25). The Labute approximate surface area is 162 Å². The van der Waals surface area contributed by atoms with Crippen molar-refractivity contribution in [1.29, 1.82) is 0 Å². The third-order valence-corrected chi connectivity index (χ3v) is 5.13. The quantitative estimate of drug-likeness (QED) is 0.506. The Morgan fingerprint density at radius 2 is 1.81 bits per heavy atom. The molecular formula is C20H23NO5S. The third-order valence-electron chi connectivity index (χ3n) is 4.08. The number of hydrogen-bond acceptors (Lipinski definition) is 5. The van der Waals surface area contributed by atoms with Gasteiger partial charge >= 0.3 is 5.97 Å². The van der Waals surface area contributed by atoms with Gasteiger partial charge < -0.3 is 19.8 Å². The van der Waals surface area contributed by atoms with Crippen LogP contribution < -0.4 is 4.74 Å². The summed E-state index contributed by atoms with van der Waals surface area (Å²) in [6.45, 7) is 0.276. The van der Waals surface area contributed by atoms with Crippen molar-refractivity contribution in [3.8, 4) is 11.5 Å². The number of carboxylic acids is 1. The van der Waals surface area contributed by atoms with Gasteiger partial charge in [-0.25, -0.2) is 0 Å². The van der Waals surface area contributed by atoms with Crippen LogP contribution in [0, 0.1) is 5.92 Å². The Bertz CT molecular complexity index is 778. The maximum absolute atomic E-state index is 12.6. The summed E-state index contributed by atoms with van der Waals surface area (Å²) < 4.78 is 5.28. The van der Waals surface area contributed by atoms with E-state index >= 15 is 0 Å². The number of aliphatic carboxylic acids is 1. The molecule has 2 rings (SSSR count). The van der Waals surface area contributed by atoms with Crippen LogP contribution in [0.25, 0.3) is 0 Å². The lowest BCUT2D eigenvalue weighted by atomic mass is 10.0. The van der Waals surface area contributed by atoms with Crippen molar-refractivity contribution in [2.45, 2.75) is 17.9 Å². The predicted molar refractivity (Wildman–Crippen MR) is 104 cm³/mol. The molecule has 0 fully saturated rings. The fourth-order valence-electron chi connectivity index (χ4n) is 2.62. The number of benzene rings is 2. The summed E-state index contributed by atoms with van der Waals surface area (Å²) in [5.74, 6) is -1.34. The molecule has 1 atom stereocenters. The Morgan fingerprint density at radius 3 is 2.44 bits per heavy atom. The summed E-state index contributed by atoms with van der Waals surface area (Å²) in [6, 6.07) is 14.0. The smallest absolute Gasteiger partial charge is 0.316 e. The van der Waals surface area contributed by atoms with Gasteiger partial charge in [0.2, 0.25) is 5.91 Å². The summed E-state index contributed by atoms with van der Waals surface area (Å²) in [7, 11) is 3.15. The van der Waals surface area contributed by atoms with Gasteiger partial charge in [0.15, 0.2) is 0 Å². The minimum atomic E-state index is -1.13. The number of ether oxygens (including phenoxy) is 1. The topological polar surface area (TPSA) is 87.1 Å². The first kappa shape index (κ1) is 20.6. The van der Waals surface area contributed by atoms with Gasteiger partial charge in [0, 0.05) is 24.1 Å². The van der Waals surface area contributed by atoms with Gasteiger partial charge in [-0.2, -0.15) is 0 Å². The molecule has 0 aliphatic carbocycles. The first-order valence-corrected chi connectivity index (χ1v) is 9.42. The number of carbonyl (C=O) groups is 2. The molecule has 0 aromatic heterocycles. The molecule has 0 aliphatic heterocycles. The van der Waals surface area contributed by atoms with E-state index in [-0.39, 0.29) is 18.7 Å². The molecule has 6 nitrogen and oxygen atoms in total. The number of phenols is 1. The van der Waals surface area contributed by atoms with Crippen molar-refractivity contribution in [3.05, 3.63) is 54.1 Å². The van der Waals surface area contributed by atoms with E-state index in [1.807, 2.05) is 18.2 Å². The van der Waals surface area contributed by atoms with Crippen LogP contribution in [0.3, 0.4) is 0 Å². The normalized spacial score (nSPS) is 11.6. The monoisotopic (exact) mass is 389 g/mol. The second kappa shape index (κ2) is 9.87. The molecule has 0 saturated carbocycles. The van der Waals surface area contributed by atoms with Crippen molar-refractivity contribution in [3.63, 3.8) is 0 Å². The molecule has 0 spiro atoms. The Kier molecular flexibility index (Phi) is 7.55. The fraction of sp³-hybridized carbons (Fsp3) is 0.300. The van der Waals surface area contributed by atoms with E-state index in [0.717, 1.165) is 10.5 Å². The lowest BCUT2D eigenvalue weighted by Gasteiger charge is -2.22. The molecule has 2 aromatic rings. The first-order chi connectivity index (χ1) is 12.9. The summed E-state index contributed by atoms with van der Waals surface area (Å²) in [5, 5.41) is 18.8. The van der Waals surface area contributed by atoms with Crippen molar-refractivity contribution in [2.24, 2.45) is 5.92 Å². The number of para-hydroxylation sites is 1. The molecule has 2 aromatic carbocycles. The van der Waals surface area contributed by atoms with E-state index in [1.165, 1.54) is 16.7 Å². The number of carboxylic acid groups (broad SMARTS) is 1. The number of phenolic OH excluding ortho intramolecular Hbond substituents is 1. The first-order valence-electron chi connectivity index (χ1n) is 8.44. The van der Waals surface area contributed by atoms with Gasteiger partial charge in [-0.05, 0) is 42.5 Å². The van der Waals surface area contributed by atoms with Crippen LogP contribution in [0.2, 0.25) is 0 Å². The molecule has 2 N–H and O–H groups in total. The van der Waals surface area contributed by atoms with E-state index in [9.17, 15) is 19.8 Å². The largest absolute Gasteiger partial charge is 0.508 e. The minimum absolute atomic E-state index is 0.177.